The molecule has 0 unspecified atom stereocenters. The van der Waals surface area contributed by atoms with E-state index in [0.29, 0.717) is 0 Å². The topological polar surface area (TPSA) is 16.4 Å². The zero-order valence-electron chi connectivity index (χ0n) is 30.8. The molecule has 10 aromatic rings. The predicted octanol–water partition coefficient (Wildman–Crippen LogP) is 15.0. The molecule has 260 valence electrons. The summed E-state index contributed by atoms with van der Waals surface area (Å²) >= 11 is 0. The molecule has 2 heteroatoms. The Bertz CT molecular complexity index is 3120. The summed E-state index contributed by atoms with van der Waals surface area (Å²) in [5.74, 6) is 0. The van der Waals surface area contributed by atoms with Crippen LogP contribution in [0, 0.1) is 0 Å². The molecule has 0 fully saturated rings. The molecule has 2 nitrogen and oxygen atoms in total. The molecule has 1 aromatic heterocycles. The van der Waals surface area contributed by atoms with Gasteiger partial charge in [-0.25, -0.2) is 0 Å². The van der Waals surface area contributed by atoms with E-state index in [2.05, 4.69) is 201 Å². The van der Waals surface area contributed by atoms with Crippen LogP contribution in [0.3, 0.4) is 0 Å². The normalized spacial score (nSPS) is 13.1. The highest BCUT2D eigenvalue weighted by Crippen LogP contribution is 2.54. The minimum Gasteiger partial charge on any atom is -0.456 e. The van der Waals surface area contributed by atoms with Crippen molar-refractivity contribution >= 4 is 60.5 Å². The Balaban J connectivity index is 1.10. The summed E-state index contributed by atoms with van der Waals surface area (Å²) in [5, 5.41) is 7.24. The summed E-state index contributed by atoms with van der Waals surface area (Å²) in [6, 6.07) is 68.5. The van der Waals surface area contributed by atoms with Crippen LogP contribution in [0.5, 0.6) is 0 Å². The first-order valence-corrected chi connectivity index (χ1v) is 19.1. The van der Waals surface area contributed by atoms with Crippen LogP contribution in [-0.4, -0.2) is 0 Å². The van der Waals surface area contributed by atoms with Crippen LogP contribution >= 0.6 is 0 Å². The van der Waals surface area contributed by atoms with Crippen molar-refractivity contribution in [2.75, 3.05) is 4.90 Å². The summed E-state index contributed by atoms with van der Waals surface area (Å²) in [4.78, 5) is 2.46. The molecule has 55 heavy (non-hydrogen) atoms. The van der Waals surface area contributed by atoms with Crippen molar-refractivity contribution in [2.24, 2.45) is 0 Å². The van der Waals surface area contributed by atoms with Gasteiger partial charge in [0.05, 0.1) is 5.69 Å². The molecular formula is C53H37NO. The van der Waals surface area contributed by atoms with Crippen molar-refractivity contribution in [2.45, 2.75) is 19.3 Å². The van der Waals surface area contributed by atoms with Crippen LogP contribution in [0.2, 0.25) is 0 Å². The van der Waals surface area contributed by atoms with Crippen molar-refractivity contribution in [3.63, 3.8) is 0 Å². The third kappa shape index (κ3) is 4.81. The minimum atomic E-state index is -0.109. The van der Waals surface area contributed by atoms with Crippen molar-refractivity contribution < 1.29 is 4.42 Å². The summed E-state index contributed by atoms with van der Waals surface area (Å²) in [7, 11) is 0. The van der Waals surface area contributed by atoms with Gasteiger partial charge in [0.15, 0.2) is 0 Å². The minimum absolute atomic E-state index is 0.109. The number of hydrogen-bond donors (Lipinski definition) is 0. The fraction of sp³-hybridized carbons (Fsp3) is 0.0566. The predicted molar refractivity (Wildman–Crippen MR) is 232 cm³/mol. The highest BCUT2D eigenvalue weighted by Gasteiger charge is 2.37. The molecule has 0 saturated carbocycles. The van der Waals surface area contributed by atoms with E-state index in [4.69, 9.17) is 4.42 Å². The standard InChI is InChI=1S/C53H37NO/c1-53(2)46-23-7-5-18-44(46)52-47(53)24-12-25-48(52)54(38-16-9-15-36(33-38)41-20-10-14-34-13-3-4-17-39(34)41)37-29-27-35(28-30-37)40-21-11-22-43-42(40)31-32-50-51(43)45-19-6-8-26-49(45)55-50/h3-33H,1-2H3. The first-order valence-electron chi connectivity index (χ1n) is 19.1. The first kappa shape index (κ1) is 31.6. The van der Waals surface area contributed by atoms with Gasteiger partial charge in [-0.05, 0) is 103 Å². The second kappa shape index (κ2) is 12.1. The maximum atomic E-state index is 6.25. The number of fused-ring (bicyclic) bond motifs is 9. The fourth-order valence-corrected chi connectivity index (χ4v) is 9.26. The SMILES string of the molecule is CC1(C)c2ccccc2-c2c(N(c3ccc(-c4cccc5c4ccc4oc6ccccc6c45)cc3)c3cccc(-c4cccc5ccccc45)c3)cccc21. The quantitative estimate of drug-likeness (QED) is 0.177. The van der Waals surface area contributed by atoms with Gasteiger partial charge in [0.1, 0.15) is 11.2 Å². The Hall–Kier alpha value is -6.90. The van der Waals surface area contributed by atoms with E-state index in [1.54, 1.807) is 0 Å². The van der Waals surface area contributed by atoms with E-state index in [9.17, 15) is 0 Å². The summed E-state index contributed by atoms with van der Waals surface area (Å²) in [6.07, 6.45) is 0. The average Bonchev–Trinajstić information content (AvgIpc) is 3.74. The number of benzene rings is 9. The molecule has 1 heterocycles. The third-order valence-corrected chi connectivity index (χ3v) is 11.9. The Morgan fingerprint density at radius 2 is 1.07 bits per heavy atom. The largest absolute Gasteiger partial charge is 0.456 e. The van der Waals surface area contributed by atoms with Crippen LogP contribution in [0.4, 0.5) is 17.1 Å². The third-order valence-electron chi connectivity index (χ3n) is 11.9. The van der Waals surface area contributed by atoms with Gasteiger partial charge >= 0.3 is 0 Å². The number of nitrogens with zero attached hydrogens (tertiary/aromatic N) is 1. The maximum Gasteiger partial charge on any atom is 0.136 e. The maximum absolute atomic E-state index is 6.25. The van der Waals surface area contributed by atoms with E-state index in [1.807, 2.05) is 6.07 Å². The van der Waals surface area contributed by atoms with Crippen LogP contribution in [-0.2, 0) is 5.41 Å². The smallest absolute Gasteiger partial charge is 0.136 e. The van der Waals surface area contributed by atoms with E-state index >= 15 is 0 Å². The lowest BCUT2D eigenvalue weighted by Gasteiger charge is -2.29. The van der Waals surface area contributed by atoms with Crippen LogP contribution < -0.4 is 4.90 Å². The number of furan rings is 1. The molecule has 11 rings (SSSR count). The van der Waals surface area contributed by atoms with E-state index in [1.165, 1.54) is 77.1 Å². The zero-order chi connectivity index (χ0) is 36.7. The van der Waals surface area contributed by atoms with Crippen LogP contribution in [0.25, 0.3) is 76.9 Å². The van der Waals surface area contributed by atoms with Gasteiger partial charge in [-0.2, -0.15) is 0 Å². The fourth-order valence-electron chi connectivity index (χ4n) is 9.26. The lowest BCUT2D eigenvalue weighted by atomic mass is 9.82. The van der Waals surface area contributed by atoms with Crippen molar-refractivity contribution in [1.29, 1.82) is 0 Å². The number of hydrogen-bond acceptors (Lipinski definition) is 2. The van der Waals surface area contributed by atoms with E-state index < -0.39 is 0 Å². The van der Waals surface area contributed by atoms with Gasteiger partial charge in [-0.15, -0.1) is 0 Å². The van der Waals surface area contributed by atoms with Crippen molar-refractivity contribution in [1.82, 2.24) is 0 Å². The molecule has 0 saturated heterocycles. The summed E-state index contributed by atoms with van der Waals surface area (Å²) in [5.41, 5.74) is 15.3. The van der Waals surface area contributed by atoms with Crippen LogP contribution in [0.1, 0.15) is 25.0 Å². The van der Waals surface area contributed by atoms with Crippen molar-refractivity contribution in [3.05, 3.63) is 199 Å². The molecular weight excluding hydrogens is 667 g/mol. The molecule has 0 radical (unpaired) electrons. The van der Waals surface area contributed by atoms with Gasteiger partial charge in [0.25, 0.3) is 0 Å². The van der Waals surface area contributed by atoms with Gasteiger partial charge < -0.3 is 9.32 Å². The van der Waals surface area contributed by atoms with Gasteiger partial charge in [-0.3, -0.25) is 0 Å². The average molecular weight is 704 g/mol. The highest BCUT2D eigenvalue weighted by atomic mass is 16.3. The molecule has 1 aliphatic rings. The van der Waals surface area contributed by atoms with E-state index in [-0.39, 0.29) is 5.41 Å². The first-order chi connectivity index (χ1) is 27.0. The second-order valence-corrected chi connectivity index (χ2v) is 15.3. The Kier molecular flexibility index (Phi) is 6.93. The summed E-state index contributed by atoms with van der Waals surface area (Å²) in [6.45, 7) is 4.71. The molecule has 0 atom stereocenters. The molecule has 1 aliphatic carbocycles. The highest BCUT2D eigenvalue weighted by molar-refractivity contribution is 6.21. The van der Waals surface area contributed by atoms with Crippen molar-refractivity contribution in [3.8, 4) is 33.4 Å². The Morgan fingerprint density at radius 3 is 1.96 bits per heavy atom. The molecule has 0 amide bonds. The van der Waals surface area contributed by atoms with Gasteiger partial charge in [0, 0.05) is 33.1 Å². The summed E-state index contributed by atoms with van der Waals surface area (Å²) < 4.78 is 6.25. The number of para-hydroxylation sites is 1. The lowest BCUT2D eigenvalue weighted by Crippen LogP contribution is -2.16. The Morgan fingerprint density at radius 1 is 0.418 bits per heavy atom. The molecule has 0 aliphatic heterocycles. The Labute approximate surface area is 320 Å². The lowest BCUT2D eigenvalue weighted by molar-refractivity contribution is 0.660. The number of anilines is 3. The molecule has 9 aromatic carbocycles. The zero-order valence-corrected chi connectivity index (χ0v) is 30.8. The van der Waals surface area contributed by atoms with Crippen LogP contribution in [0.15, 0.2) is 192 Å². The van der Waals surface area contributed by atoms with E-state index in [0.717, 1.165) is 27.9 Å². The second-order valence-electron chi connectivity index (χ2n) is 15.3. The number of rotatable bonds is 5. The monoisotopic (exact) mass is 703 g/mol. The molecule has 0 bridgehead atoms. The molecule has 0 spiro atoms. The van der Waals surface area contributed by atoms with Gasteiger partial charge in [0.2, 0.25) is 0 Å². The van der Waals surface area contributed by atoms with Gasteiger partial charge in [-0.1, -0.05) is 159 Å². The molecule has 0 N–H and O–H groups in total.